The maximum absolute atomic E-state index is 12.4. The molecule has 1 amide bonds. The third-order valence-corrected chi connectivity index (χ3v) is 5.02. The number of rotatable bonds is 7. The van der Waals surface area contributed by atoms with Crippen LogP contribution in [0.2, 0.25) is 10.0 Å². The molecule has 0 saturated carbocycles. The number of halogens is 2. The van der Waals surface area contributed by atoms with E-state index in [1.165, 1.54) is 0 Å². The summed E-state index contributed by atoms with van der Waals surface area (Å²) in [5.41, 5.74) is 1.71. The first-order chi connectivity index (χ1) is 14.6. The number of aryl methyl sites for hydroxylation is 1. The fraction of sp³-hybridized carbons (Fsp3) is 0.143. The molecular formula is C21H17Cl2N5O2. The fourth-order valence-corrected chi connectivity index (χ4v) is 3.17. The molecular weight excluding hydrogens is 425 g/mol. The zero-order valence-corrected chi connectivity index (χ0v) is 17.3. The molecule has 0 radical (unpaired) electrons. The summed E-state index contributed by atoms with van der Waals surface area (Å²) < 4.78 is 6.93. The van der Waals surface area contributed by atoms with Gasteiger partial charge in [-0.15, -0.1) is 0 Å². The second-order valence-corrected chi connectivity index (χ2v) is 7.38. The summed E-state index contributed by atoms with van der Waals surface area (Å²) in [6, 6.07) is 16.4. The van der Waals surface area contributed by atoms with Crippen molar-refractivity contribution in [3.8, 4) is 11.4 Å². The molecule has 4 rings (SSSR count). The summed E-state index contributed by atoms with van der Waals surface area (Å²) in [6.45, 7) is 0.455. The lowest BCUT2D eigenvalue weighted by atomic mass is 10.2. The van der Waals surface area contributed by atoms with Crippen LogP contribution in [0, 0.1) is 0 Å². The molecule has 2 heterocycles. The third kappa shape index (κ3) is 4.87. The maximum atomic E-state index is 12.4. The van der Waals surface area contributed by atoms with E-state index in [9.17, 15) is 4.79 Å². The van der Waals surface area contributed by atoms with Crippen molar-refractivity contribution in [2.24, 2.45) is 0 Å². The number of aromatic nitrogens is 4. The second-order valence-electron chi connectivity index (χ2n) is 6.53. The molecule has 0 saturated heterocycles. The van der Waals surface area contributed by atoms with Crippen molar-refractivity contribution in [2.45, 2.75) is 19.4 Å². The van der Waals surface area contributed by atoms with Gasteiger partial charge in [0.25, 0.3) is 0 Å². The highest BCUT2D eigenvalue weighted by Gasteiger charge is 2.13. The lowest BCUT2D eigenvalue weighted by Gasteiger charge is -2.09. The minimum atomic E-state index is -0.179. The normalized spacial score (nSPS) is 10.9. The summed E-state index contributed by atoms with van der Waals surface area (Å²) >= 11 is 12.1. The summed E-state index contributed by atoms with van der Waals surface area (Å²) in [5.74, 6) is 1.26. The number of hydrogen-bond donors (Lipinski definition) is 1. The second kappa shape index (κ2) is 9.11. The van der Waals surface area contributed by atoms with Gasteiger partial charge in [-0.3, -0.25) is 4.79 Å². The van der Waals surface area contributed by atoms with Crippen LogP contribution in [0.3, 0.4) is 0 Å². The Morgan fingerprint density at radius 3 is 2.67 bits per heavy atom. The minimum Gasteiger partial charge on any atom is -0.339 e. The van der Waals surface area contributed by atoms with Gasteiger partial charge >= 0.3 is 0 Å². The molecule has 0 aliphatic carbocycles. The van der Waals surface area contributed by atoms with Crippen LogP contribution < -0.4 is 5.32 Å². The first-order valence-electron chi connectivity index (χ1n) is 9.22. The molecule has 0 bridgehead atoms. The van der Waals surface area contributed by atoms with Gasteiger partial charge in [0.1, 0.15) is 5.82 Å². The summed E-state index contributed by atoms with van der Waals surface area (Å²) in [7, 11) is 0. The first kappa shape index (κ1) is 20.1. The number of carbonyl (C=O) groups is 1. The van der Waals surface area contributed by atoms with Crippen molar-refractivity contribution in [1.82, 2.24) is 19.9 Å². The summed E-state index contributed by atoms with van der Waals surface area (Å²) in [5, 5.41) is 12.4. The van der Waals surface area contributed by atoms with Crippen LogP contribution in [-0.4, -0.2) is 25.8 Å². The average Bonchev–Trinajstić information content (AvgIpc) is 3.39. The number of benzene rings is 2. The van der Waals surface area contributed by atoms with Crippen molar-refractivity contribution in [3.63, 3.8) is 0 Å². The van der Waals surface area contributed by atoms with Gasteiger partial charge in [-0.25, -0.2) is 4.68 Å². The Bertz CT molecular complexity index is 1150. The van der Waals surface area contributed by atoms with Crippen LogP contribution in [0.15, 0.2) is 65.3 Å². The summed E-state index contributed by atoms with van der Waals surface area (Å²) in [6.07, 6.45) is 2.15. The standard InChI is InChI=1S/C21H17Cl2N5O2/c22-16-7-5-14(6-8-16)21-26-20(30-27-21)10-9-19(29)25-18-11-12-24-28(18)13-15-3-1-2-4-17(15)23/h1-8,11-12H,9-10,13H2,(H,25,29). The minimum absolute atomic E-state index is 0.179. The van der Waals surface area contributed by atoms with Crippen LogP contribution in [0.25, 0.3) is 11.4 Å². The average molecular weight is 442 g/mol. The Morgan fingerprint density at radius 1 is 1.07 bits per heavy atom. The quantitative estimate of drug-likeness (QED) is 0.442. The number of amides is 1. The molecule has 2 aromatic carbocycles. The fourth-order valence-electron chi connectivity index (χ4n) is 2.85. The van der Waals surface area contributed by atoms with Crippen molar-refractivity contribution in [3.05, 3.63) is 82.3 Å². The van der Waals surface area contributed by atoms with Crippen molar-refractivity contribution >= 4 is 34.9 Å². The highest BCUT2D eigenvalue weighted by Crippen LogP contribution is 2.20. The Hall–Kier alpha value is -3.16. The van der Waals surface area contributed by atoms with E-state index >= 15 is 0 Å². The van der Waals surface area contributed by atoms with E-state index in [0.717, 1.165) is 11.1 Å². The number of anilines is 1. The Morgan fingerprint density at radius 2 is 1.87 bits per heavy atom. The lowest BCUT2D eigenvalue weighted by Crippen LogP contribution is -2.16. The molecule has 4 aromatic rings. The predicted octanol–water partition coefficient (Wildman–Crippen LogP) is 4.86. The van der Waals surface area contributed by atoms with Gasteiger partial charge in [0.15, 0.2) is 0 Å². The van der Waals surface area contributed by atoms with Crippen molar-refractivity contribution in [1.29, 1.82) is 0 Å². The van der Waals surface area contributed by atoms with Crippen LogP contribution in [0.4, 0.5) is 5.82 Å². The van der Waals surface area contributed by atoms with Crippen LogP contribution in [0.5, 0.6) is 0 Å². The van der Waals surface area contributed by atoms with Gasteiger partial charge in [0.05, 0.1) is 12.7 Å². The Labute approximate surface area is 182 Å². The zero-order valence-electron chi connectivity index (χ0n) is 15.8. The number of nitrogens with zero attached hydrogens (tertiary/aromatic N) is 4. The highest BCUT2D eigenvalue weighted by atomic mass is 35.5. The van der Waals surface area contributed by atoms with Gasteiger partial charge in [-0.1, -0.05) is 46.6 Å². The van der Waals surface area contributed by atoms with Crippen LogP contribution in [0.1, 0.15) is 17.9 Å². The number of nitrogens with one attached hydrogen (secondary N) is 1. The molecule has 0 atom stereocenters. The van der Waals surface area contributed by atoms with E-state index in [2.05, 4.69) is 20.6 Å². The monoisotopic (exact) mass is 441 g/mol. The largest absolute Gasteiger partial charge is 0.339 e. The zero-order chi connectivity index (χ0) is 20.9. The molecule has 0 fully saturated rings. The van der Waals surface area contributed by atoms with E-state index in [4.69, 9.17) is 27.7 Å². The van der Waals surface area contributed by atoms with Crippen molar-refractivity contribution < 1.29 is 9.32 Å². The van der Waals surface area contributed by atoms with Gasteiger partial charge in [-0.2, -0.15) is 10.1 Å². The molecule has 7 nitrogen and oxygen atoms in total. The topological polar surface area (TPSA) is 85.8 Å². The molecule has 9 heteroatoms. The molecule has 1 N–H and O–H groups in total. The molecule has 0 unspecified atom stereocenters. The van der Waals surface area contributed by atoms with Gasteiger partial charge in [0.2, 0.25) is 17.6 Å². The number of hydrogen-bond acceptors (Lipinski definition) is 5. The van der Waals surface area contributed by atoms with Crippen molar-refractivity contribution in [2.75, 3.05) is 5.32 Å². The van der Waals surface area contributed by atoms with E-state index in [1.54, 1.807) is 29.1 Å². The van der Waals surface area contributed by atoms with E-state index in [0.29, 0.717) is 40.5 Å². The third-order valence-electron chi connectivity index (χ3n) is 4.40. The molecule has 30 heavy (non-hydrogen) atoms. The summed E-state index contributed by atoms with van der Waals surface area (Å²) in [4.78, 5) is 16.7. The van der Waals surface area contributed by atoms with E-state index in [-0.39, 0.29) is 12.3 Å². The highest BCUT2D eigenvalue weighted by molar-refractivity contribution is 6.31. The molecule has 2 aromatic heterocycles. The molecule has 0 spiro atoms. The van der Waals surface area contributed by atoms with Gasteiger partial charge in [-0.05, 0) is 35.9 Å². The Kier molecular flexibility index (Phi) is 6.11. The molecule has 0 aliphatic rings. The van der Waals surface area contributed by atoms with Gasteiger partial charge in [0, 0.05) is 34.5 Å². The maximum Gasteiger partial charge on any atom is 0.227 e. The Balaban J connectivity index is 1.34. The SMILES string of the molecule is O=C(CCc1nc(-c2ccc(Cl)cc2)no1)Nc1ccnn1Cc1ccccc1Cl. The van der Waals surface area contributed by atoms with Crippen LogP contribution in [-0.2, 0) is 17.8 Å². The molecule has 0 aliphatic heterocycles. The number of carbonyl (C=O) groups excluding carboxylic acids is 1. The van der Waals surface area contributed by atoms with E-state index < -0.39 is 0 Å². The van der Waals surface area contributed by atoms with E-state index in [1.807, 2.05) is 36.4 Å². The lowest BCUT2D eigenvalue weighted by molar-refractivity contribution is -0.116. The van der Waals surface area contributed by atoms with Gasteiger partial charge < -0.3 is 9.84 Å². The molecule has 152 valence electrons. The smallest absolute Gasteiger partial charge is 0.227 e. The predicted molar refractivity (Wildman–Crippen MR) is 114 cm³/mol. The first-order valence-corrected chi connectivity index (χ1v) is 9.97. The van der Waals surface area contributed by atoms with Crippen LogP contribution >= 0.6 is 23.2 Å².